The average molecular weight is 601 g/mol. The van der Waals surface area contributed by atoms with Crippen molar-refractivity contribution in [3.63, 3.8) is 0 Å². The van der Waals surface area contributed by atoms with E-state index in [1.54, 1.807) is 0 Å². The number of pyridine rings is 1. The molecule has 0 aliphatic carbocycles. The summed E-state index contributed by atoms with van der Waals surface area (Å²) >= 11 is 0. The molecule has 0 atom stereocenters. The Bertz CT molecular complexity index is 2770. The molecule has 0 fully saturated rings. The number of benzene rings is 6. The van der Waals surface area contributed by atoms with Gasteiger partial charge in [0.1, 0.15) is 0 Å². The summed E-state index contributed by atoms with van der Waals surface area (Å²) in [5, 5.41) is 6.15. The van der Waals surface area contributed by atoms with Gasteiger partial charge in [-0.25, -0.2) is 0 Å². The van der Waals surface area contributed by atoms with Crippen LogP contribution in [0.4, 0.5) is 0 Å². The van der Waals surface area contributed by atoms with Crippen LogP contribution in [0.2, 0.25) is 0 Å². The van der Waals surface area contributed by atoms with Gasteiger partial charge in [0.2, 0.25) is 0 Å². The largest absolute Gasteiger partial charge is 0.316 e. The van der Waals surface area contributed by atoms with Crippen molar-refractivity contribution < 1.29 is 0 Å². The molecular weight excluding hydrogens is 573 g/mol. The minimum absolute atomic E-state index is 0.957. The molecular formula is C43H28N4. The topological polar surface area (TPSA) is 27.7 Å². The second-order valence-electron chi connectivity index (χ2n) is 12.1. The number of aromatic nitrogens is 4. The summed E-state index contributed by atoms with van der Waals surface area (Å²) in [5.74, 6) is 0. The molecule has 0 bridgehead atoms. The fraction of sp³-hybridized carbons (Fsp3) is 0. The van der Waals surface area contributed by atoms with E-state index in [-0.39, 0.29) is 0 Å². The molecule has 10 rings (SSSR count). The summed E-state index contributed by atoms with van der Waals surface area (Å²) in [6.45, 7) is 0. The van der Waals surface area contributed by atoms with Gasteiger partial charge in [-0.05, 0) is 72.8 Å². The zero-order valence-corrected chi connectivity index (χ0v) is 25.5. The standard InChI is InChI=1S/C43H28N4/c1-3-13-31(14-4-1)45-25-23-30-27-37-36-22-21-35-34-18-7-8-20-39(34)46(32-15-5-2-6-16-32)42(35)43(36)47(41(37)28-40(30)45)33-17-11-12-29(26-33)38-19-9-10-24-44-38/h1-28H. The normalized spacial score (nSPS) is 11.8. The lowest BCUT2D eigenvalue weighted by Crippen LogP contribution is -1.99. The molecule has 4 heterocycles. The van der Waals surface area contributed by atoms with Crippen LogP contribution in [0.25, 0.3) is 82.8 Å². The third-order valence-electron chi connectivity index (χ3n) is 9.49. The summed E-state index contributed by atoms with van der Waals surface area (Å²) in [7, 11) is 0. The van der Waals surface area contributed by atoms with Crippen LogP contribution in [0.15, 0.2) is 170 Å². The van der Waals surface area contributed by atoms with E-state index >= 15 is 0 Å². The van der Waals surface area contributed by atoms with Crippen molar-refractivity contribution in [1.82, 2.24) is 18.7 Å². The third kappa shape index (κ3) is 3.85. The first-order chi connectivity index (χ1) is 23.3. The fourth-order valence-electron chi connectivity index (χ4n) is 7.44. The van der Waals surface area contributed by atoms with Crippen LogP contribution in [0, 0.1) is 0 Å². The highest BCUT2D eigenvalue weighted by atomic mass is 15.0. The van der Waals surface area contributed by atoms with E-state index in [1.165, 1.54) is 54.5 Å². The Morgan fingerprint density at radius 1 is 0.404 bits per heavy atom. The molecule has 0 saturated heterocycles. The van der Waals surface area contributed by atoms with E-state index in [0.29, 0.717) is 0 Å². The molecule has 0 unspecified atom stereocenters. The summed E-state index contributed by atoms with van der Waals surface area (Å²) in [6.07, 6.45) is 4.04. The highest BCUT2D eigenvalue weighted by Gasteiger charge is 2.22. The lowest BCUT2D eigenvalue weighted by molar-refractivity contribution is 1.12. The Morgan fingerprint density at radius 2 is 1.09 bits per heavy atom. The van der Waals surface area contributed by atoms with Gasteiger partial charge in [-0.15, -0.1) is 0 Å². The van der Waals surface area contributed by atoms with Crippen LogP contribution >= 0.6 is 0 Å². The molecule has 0 saturated carbocycles. The van der Waals surface area contributed by atoms with Crippen LogP contribution in [0.1, 0.15) is 0 Å². The van der Waals surface area contributed by atoms with Crippen molar-refractivity contribution in [2.45, 2.75) is 0 Å². The van der Waals surface area contributed by atoms with Gasteiger partial charge in [0, 0.05) is 62.0 Å². The Labute approximate surface area is 271 Å². The molecule has 0 amide bonds. The van der Waals surface area contributed by atoms with E-state index in [0.717, 1.165) is 28.3 Å². The average Bonchev–Trinajstić information content (AvgIpc) is 3.81. The zero-order valence-electron chi connectivity index (χ0n) is 25.5. The maximum absolute atomic E-state index is 4.69. The minimum atomic E-state index is 0.957. The first kappa shape index (κ1) is 25.9. The van der Waals surface area contributed by atoms with Crippen LogP contribution in [-0.4, -0.2) is 18.7 Å². The van der Waals surface area contributed by atoms with Crippen molar-refractivity contribution in [2.24, 2.45) is 0 Å². The Hall–Kier alpha value is -6.39. The number of rotatable bonds is 4. The summed E-state index contributed by atoms with van der Waals surface area (Å²) < 4.78 is 7.20. The number of hydrogen-bond acceptors (Lipinski definition) is 1. The lowest BCUT2D eigenvalue weighted by Gasteiger charge is -2.13. The van der Waals surface area contributed by atoms with Gasteiger partial charge in [-0.2, -0.15) is 0 Å². The van der Waals surface area contributed by atoms with Gasteiger partial charge in [-0.3, -0.25) is 4.98 Å². The highest BCUT2D eigenvalue weighted by Crippen LogP contribution is 2.43. The second-order valence-corrected chi connectivity index (χ2v) is 12.1. The maximum atomic E-state index is 4.69. The molecule has 0 radical (unpaired) electrons. The van der Waals surface area contributed by atoms with Gasteiger partial charge in [0.05, 0.1) is 33.3 Å². The smallest absolute Gasteiger partial charge is 0.0788 e. The molecule has 10 aromatic rings. The van der Waals surface area contributed by atoms with Gasteiger partial charge < -0.3 is 13.7 Å². The third-order valence-corrected chi connectivity index (χ3v) is 9.49. The van der Waals surface area contributed by atoms with Gasteiger partial charge in [0.25, 0.3) is 0 Å². The van der Waals surface area contributed by atoms with Crippen LogP contribution in [0.5, 0.6) is 0 Å². The quantitative estimate of drug-likeness (QED) is 0.197. The van der Waals surface area contributed by atoms with Gasteiger partial charge in [0.15, 0.2) is 0 Å². The molecule has 0 aliphatic rings. The SMILES string of the molecule is c1ccc(-n2ccc3cc4c5ccc6c7ccccc7n(-c7ccccc7)c6c5n(-c5cccc(-c6ccccn6)c5)c4cc32)cc1. The number of para-hydroxylation sites is 3. The first-order valence-corrected chi connectivity index (χ1v) is 16.0. The van der Waals surface area contributed by atoms with E-state index in [9.17, 15) is 0 Å². The molecule has 0 spiro atoms. The van der Waals surface area contributed by atoms with E-state index in [4.69, 9.17) is 4.98 Å². The van der Waals surface area contributed by atoms with E-state index in [2.05, 4.69) is 165 Å². The number of fused-ring (bicyclic) bond motifs is 8. The summed E-state index contributed by atoms with van der Waals surface area (Å²) in [5.41, 5.74) is 11.4. The Balaban J connectivity index is 1.40. The monoisotopic (exact) mass is 600 g/mol. The van der Waals surface area contributed by atoms with Crippen molar-refractivity contribution in [3.8, 4) is 28.3 Å². The summed E-state index contributed by atoms with van der Waals surface area (Å²) in [4.78, 5) is 4.69. The molecule has 47 heavy (non-hydrogen) atoms. The highest BCUT2D eigenvalue weighted by molar-refractivity contribution is 6.25. The van der Waals surface area contributed by atoms with Gasteiger partial charge in [-0.1, -0.05) is 84.9 Å². The number of hydrogen-bond donors (Lipinski definition) is 0. The first-order valence-electron chi connectivity index (χ1n) is 16.0. The molecule has 0 aliphatic heterocycles. The second kappa shape index (κ2) is 10.1. The minimum Gasteiger partial charge on any atom is -0.316 e. The zero-order chi connectivity index (χ0) is 30.9. The van der Waals surface area contributed by atoms with Crippen molar-refractivity contribution in [1.29, 1.82) is 0 Å². The Morgan fingerprint density at radius 3 is 1.87 bits per heavy atom. The molecule has 4 aromatic heterocycles. The Kier molecular flexibility index (Phi) is 5.54. The van der Waals surface area contributed by atoms with Crippen molar-refractivity contribution >= 4 is 54.5 Å². The lowest BCUT2D eigenvalue weighted by atomic mass is 10.1. The predicted molar refractivity (Wildman–Crippen MR) is 195 cm³/mol. The molecule has 4 nitrogen and oxygen atoms in total. The van der Waals surface area contributed by atoms with Crippen molar-refractivity contribution in [2.75, 3.05) is 0 Å². The summed E-state index contributed by atoms with van der Waals surface area (Å²) in [6, 6.07) is 56.6. The van der Waals surface area contributed by atoms with Gasteiger partial charge >= 0.3 is 0 Å². The molecule has 4 heteroatoms. The molecule has 6 aromatic carbocycles. The van der Waals surface area contributed by atoms with E-state index in [1.807, 2.05) is 18.3 Å². The predicted octanol–water partition coefficient (Wildman–Crippen LogP) is 10.9. The maximum Gasteiger partial charge on any atom is 0.0788 e. The molecule has 0 N–H and O–H groups in total. The van der Waals surface area contributed by atoms with Crippen LogP contribution < -0.4 is 0 Å². The van der Waals surface area contributed by atoms with Crippen LogP contribution in [-0.2, 0) is 0 Å². The number of nitrogens with zero attached hydrogens (tertiary/aromatic N) is 4. The molecule has 220 valence electrons. The fourth-order valence-corrected chi connectivity index (χ4v) is 7.44. The van der Waals surface area contributed by atoms with Crippen molar-refractivity contribution in [3.05, 3.63) is 170 Å². The van der Waals surface area contributed by atoms with E-state index < -0.39 is 0 Å². The van der Waals surface area contributed by atoms with Crippen LogP contribution in [0.3, 0.4) is 0 Å².